The van der Waals surface area contributed by atoms with Crippen molar-refractivity contribution in [1.29, 1.82) is 0 Å². The predicted octanol–water partition coefficient (Wildman–Crippen LogP) is -0.485. The highest BCUT2D eigenvalue weighted by Crippen LogP contribution is 2.19. The molecule has 0 spiro atoms. The number of nitrogens with one attached hydrogen (secondary N) is 2. The molecule has 0 aliphatic carbocycles. The van der Waals surface area contributed by atoms with Gasteiger partial charge >= 0.3 is 0 Å². The van der Waals surface area contributed by atoms with Gasteiger partial charge in [-0.1, -0.05) is 13.8 Å². The number of aromatic amines is 1. The summed E-state index contributed by atoms with van der Waals surface area (Å²) in [5.41, 5.74) is 5.18. The molecule has 2 amide bonds. The van der Waals surface area contributed by atoms with Crippen molar-refractivity contribution >= 4 is 17.6 Å². The number of hydrogen-bond acceptors (Lipinski definition) is 5. The van der Waals surface area contributed by atoms with E-state index >= 15 is 0 Å². The van der Waals surface area contributed by atoms with Crippen LogP contribution in [0.4, 0.5) is 5.82 Å². The SMILES string of the molecule is CC(C)CN1C[C@H](C(=O)NCCc2nc(N)cc(=O)[nH]2)CC1=O. The number of aromatic nitrogens is 2. The standard InChI is InChI=1S/C15H23N5O3/c1-9(2)7-20-8-10(5-14(20)22)15(23)17-4-3-12-18-11(16)6-13(21)19-12/h6,9-10H,3-5,7-8H2,1-2H3,(H,17,23)(H3,16,18,19,21)/t10-/m1/s1. The van der Waals surface area contributed by atoms with Crippen molar-refractivity contribution < 1.29 is 9.59 Å². The van der Waals surface area contributed by atoms with E-state index in [2.05, 4.69) is 15.3 Å². The Morgan fingerprint density at radius 3 is 2.91 bits per heavy atom. The highest BCUT2D eigenvalue weighted by Gasteiger charge is 2.34. The van der Waals surface area contributed by atoms with Crippen molar-refractivity contribution in [2.24, 2.45) is 11.8 Å². The van der Waals surface area contributed by atoms with Crippen molar-refractivity contribution in [2.75, 3.05) is 25.4 Å². The Kier molecular flexibility index (Phi) is 5.36. The Hall–Kier alpha value is -2.38. The monoisotopic (exact) mass is 321 g/mol. The summed E-state index contributed by atoms with van der Waals surface area (Å²) < 4.78 is 0. The van der Waals surface area contributed by atoms with Gasteiger partial charge in [0.05, 0.1) is 5.92 Å². The Morgan fingerprint density at radius 1 is 1.52 bits per heavy atom. The Morgan fingerprint density at radius 2 is 2.26 bits per heavy atom. The van der Waals surface area contributed by atoms with E-state index in [1.165, 1.54) is 6.07 Å². The van der Waals surface area contributed by atoms with Gasteiger partial charge in [0.1, 0.15) is 11.6 Å². The van der Waals surface area contributed by atoms with Gasteiger partial charge in [0, 0.05) is 38.5 Å². The van der Waals surface area contributed by atoms with E-state index < -0.39 is 0 Å². The normalized spacial score (nSPS) is 17.8. The second kappa shape index (κ2) is 7.26. The van der Waals surface area contributed by atoms with E-state index in [0.717, 1.165) is 0 Å². The first-order valence-corrected chi connectivity index (χ1v) is 7.76. The average Bonchev–Trinajstić information content (AvgIpc) is 2.78. The number of likely N-dealkylation sites (tertiary alicyclic amines) is 1. The molecule has 0 saturated carbocycles. The van der Waals surface area contributed by atoms with E-state index in [-0.39, 0.29) is 35.5 Å². The smallest absolute Gasteiger partial charge is 0.252 e. The van der Waals surface area contributed by atoms with Crippen LogP contribution < -0.4 is 16.6 Å². The number of anilines is 1. The van der Waals surface area contributed by atoms with E-state index in [4.69, 9.17) is 5.73 Å². The molecule has 0 unspecified atom stereocenters. The summed E-state index contributed by atoms with van der Waals surface area (Å²) >= 11 is 0. The lowest BCUT2D eigenvalue weighted by atomic mass is 10.1. The molecule has 1 saturated heterocycles. The maximum atomic E-state index is 12.1. The molecular formula is C15H23N5O3. The first-order chi connectivity index (χ1) is 10.8. The number of nitrogens with two attached hydrogens (primary N) is 1. The van der Waals surface area contributed by atoms with Crippen LogP contribution in [0.5, 0.6) is 0 Å². The van der Waals surface area contributed by atoms with Gasteiger partial charge < -0.3 is 20.9 Å². The zero-order valence-electron chi connectivity index (χ0n) is 13.5. The highest BCUT2D eigenvalue weighted by atomic mass is 16.2. The number of nitrogens with zero attached hydrogens (tertiary/aromatic N) is 2. The van der Waals surface area contributed by atoms with Crippen LogP contribution >= 0.6 is 0 Å². The molecule has 1 atom stereocenters. The third kappa shape index (κ3) is 4.80. The number of hydrogen-bond donors (Lipinski definition) is 3. The molecule has 2 rings (SSSR count). The lowest BCUT2D eigenvalue weighted by Gasteiger charge is -2.18. The summed E-state index contributed by atoms with van der Waals surface area (Å²) in [6.45, 7) is 5.56. The predicted molar refractivity (Wildman–Crippen MR) is 85.5 cm³/mol. The second-order valence-electron chi connectivity index (χ2n) is 6.25. The maximum absolute atomic E-state index is 12.1. The maximum Gasteiger partial charge on any atom is 0.252 e. The second-order valence-corrected chi connectivity index (χ2v) is 6.25. The van der Waals surface area contributed by atoms with Gasteiger partial charge in [0.2, 0.25) is 11.8 Å². The van der Waals surface area contributed by atoms with Gasteiger partial charge in [0.15, 0.2) is 0 Å². The van der Waals surface area contributed by atoms with Gasteiger partial charge in [-0.3, -0.25) is 14.4 Å². The molecule has 23 heavy (non-hydrogen) atoms. The number of amides is 2. The summed E-state index contributed by atoms with van der Waals surface area (Å²) in [6.07, 6.45) is 0.633. The fourth-order valence-electron chi connectivity index (χ4n) is 2.66. The minimum absolute atomic E-state index is 0.0284. The zero-order chi connectivity index (χ0) is 17.0. The molecule has 1 fully saturated rings. The van der Waals surface area contributed by atoms with Crippen LogP contribution in [-0.2, 0) is 16.0 Å². The van der Waals surface area contributed by atoms with E-state index in [1.54, 1.807) is 4.90 Å². The molecule has 126 valence electrons. The molecule has 1 aliphatic heterocycles. The van der Waals surface area contributed by atoms with Crippen LogP contribution in [0.25, 0.3) is 0 Å². The molecular weight excluding hydrogens is 298 g/mol. The minimum Gasteiger partial charge on any atom is -0.383 e. The quantitative estimate of drug-likeness (QED) is 0.653. The van der Waals surface area contributed by atoms with Crippen LogP contribution in [0.3, 0.4) is 0 Å². The summed E-state index contributed by atoms with van der Waals surface area (Å²) in [4.78, 5) is 43.6. The first-order valence-electron chi connectivity index (χ1n) is 7.76. The fraction of sp³-hybridized carbons (Fsp3) is 0.600. The fourth-order valence-corrected chi connectivity index (χ4v) is 2.66. The van der Waals surface area contributed by atoms with Crippen LogP contribution in [-0.4, -0.2) is 46.3 Å². The van der Waals surface area contributed by atoms with E-state index in [9.17, 15) is 14.4 Å². The molecule has 4 N–H and O–H groups in total. The summed E-state index contributed by atoms with van der Waals surface area (Å²) in [6, 6.07) is 1.20. The summed E-state index contributed by atoms with van der Waals surface area (Å²) in [7, 11) is 0. The Bertz CT molecular complexity index is 640. The molecule has 8 heteroatoms. The number of H-pyrrole nitrogens is 1. The lowest BCUT2D eigenvalue weighted by molar-refractivity contribution is -0.129. The molecule has 0 aromatic carbocycles. The van der Waals surface area contributed by atoms with Crippen LogP contribution in [0.2, 0.25) is 0 Å². The van der Waals surface area contributed by atoms with Crippen molar-refractivity contribution in [3.05, 3.63) is 22.2 Å². The number of carbonyl (C=O) groups is 2. The molecule has 0 radical (unpaired) electrons. The zero-order valence-corrected chi connectivity index (χ0v) is 13.5. The summed E-state index contributed by atoms with van der Waals surface area (Å²) in [5.74, 6) is 0.540. The summed E-state index contributed by atoms with van der Waals surface area (Å²) in [5, 5.41) is 2.79. The molecule has 2 heterocycles. The van der Waals surface area contributed by atoms with Crippen molar-refractivity contribution in [3.8, 4) is 0 Å². The number of rotatable bonds is 6. The van der Waals surface area contributed by atoms with Gasteiger partial charge in [-0.25, -0.2) is 4.98 Å². The van der Waals surface area contributed by atoms with Crippen molar-refractivity contribution in [1.82, 2.24) is 20.2 Å². The highest BCUT2D eigenvalue weighted by molar-refractivity contribution is 5.89. The van der Waals surface area contributed by atoms with Crippen LogP contribution in [0.15, 0.2) is 10.9 Å². The molecule has 8 nitrogen and oxygen atoms in total. The van der Waals surface area contributed by atoms with Crippen LogP contribution in [0, 0.1) is 11.8 Å². The average molecular weight is 321 g/mol. The molecule has 1 aliphatic rings. The Labute approximate surface area is 134 Å². The molecule has 1 aromatic rings. The van der Waals surface area contributed by atoms with Gasteiger partial charge in [-0.05, 0) is 5.92 Å². The molecule has 1 aromatic heterocycles. The van der Waals surface area contributed by atoms with Gasteiger partial charge in [-0.15, -0.1) is 0 Å². The third-order valence-corrected chi connectivity index (χ3v) is 3.64. The van der Waals surface area contributed by atoms with Crippen molar-refractivity contribution in [3.63, 3.8) is 0 Å². The minimum atomic E-state index is -0.315. The van der Waals surface area contributed by atoms with E-state index in [0.29, 0.717) is 37.8 Å². The first kappa shape index (κ1) is 17.0. The molecule has 0 bridgehead atoms. The van der Waals surface area contributed by atoms with E-state index in [1.807, 2.05) is 13.8 Å². The third-order valence-electron chi connectivity index (χ3n) is 3.64. The Balaban J connectivity index is 1.81. The van der Waals surface area contributed by atoms with Gasteiger partial charge in [-0.2, -0.15) is 0 Å². The number of nitrogen functional groups attached to an aromatic ring is 1. The van der Waals surface area contributed by atoms with Crippen LogP contribution in [0.1, 0.15) is 26.1 Å². The topological polar surface area (TPSA) is 121 Å². The van der Waals surface area contributed by atoms with Crippen molar-refractivity contribution in [2.45, 2.75) is 26.7 Å². The van der Waals surface area contributed by atoms with Gasteiger partial charge in [0.25, 0.3) is 5.56 Å². The largest absolute Gasteiger partial charge is 0.383 e. The number of carbonyl (C=O) groups excluding carboxylic acids is 2. The lowest BCUT2D eigenvalue weighted by Crippen LogP contribution is -2.35.